The minimum absolute atomic E-state index is 0.259. The molecule has 1 amide bonds. The fraction of sp³-hybridized carbons (Fsp3) is 0.700. The van der Waals surface area contributed by atoms with Crippen molar-refractivity contribution in [3.05, 3.63) is 0 Å². The van der Waals surface area contributed by atoms with E-state index in [1.165, 1.54) is 0 Å². The zero-order valence-corrected chi connectivity index (χ0v) is 9.47. The van der Waals surface area contributed by atoms with Gasteiger partial charge in [-0.1, -0.05) is 13.8 Å². The molecule has 0 aromatic rings. The summed E-state index contributed by atoms with van der Waals surface area (Å²) < 4.78 is 0. The minimum atomic E-state index is -1.14. The molecule has 0 aromatic heterocycles. The van der Waals surface area contributed by atoms with E-state index in [4.69, 9.17) is 10.8 Å². The molecule has 0 saturated carbocycles. The van der Waals surface area contributed by atoms with E-state index in [9.17, 15) is 14.4 Å². The highest BCUT2D eigenvalue weighted by atomic mass is 16.4. The van der Waals surface area contributed by atoms with E-state index in [0.29, 0.717) is 12.7 Å². The maximum absolute atomic E-state index is 11.4. The van der Waals surface area contributed by atoms with E-state index < -0.39 is 30.4 Å². The Morgan fingerprint density at radius 3 is 2.38 bits per heavy atom. The Morgan fingerprint density at radius 1 is 1.44 bits per heavy atom. The summed E-state index contributed by atoms with van der Waals surface area (Å²) in [6, 6.07) is -1.72. The van der Waals surface area contributed by atoms with Gasteiger partial charge in [0.25, 0.3) is 0 Å². The molecule has 0 aromatic carbocycles. The van der Waals surface area contributed by atoms with Gasteiger partial charge in [-0.05, 0) is 12.3 Å². The molecule has 2 atom stereocenters. The first-order chi connectivity index (χ1) is 7.36. The lowest BCUT2D eigenvalue weighted by molar-refractivity contribution is -0.138. The number of hydrogen-bond donors (Lipinski definition) is 3. The summed E-state index contributed by atoms with van der Waals surface area (Å²) in [6.07, 6.45) is 0.461. The molecule has 0 rings (SSSR count). The van der Waals surface area contributed by atoms with Gasteiger partial charge in [0, 0.05) is 0 Å². The van der Waals surface area contributed by atoms with Gasteiger partial charge in [-0.3, -0.25) is 9.59 Å². The molecule has 0 radical (unpaired) electrons. The second kappa shape index (κ2) is 6.95. The van der Waals surface area contributed by atoms with Crippen LogP contribution in [-0.2, 0) is 14.4 Å². The summed E-state index contributed by atoms with van der Waals surface area (Å²) in [7, 11) is 0. The Morgan fingerprint density at radius 2 is 2.00 bits per heavy atom. The van der Waals surface area contributed by atoms with Crippen molar-refractivity contribution >= 4 is 18.2 Å². The molecule has 0 aliphatic heterocycles. The highest BCUT2D eigenvalue weighted by Crippen LogP contribution is 2.03. The Kier molecular flexibility index (Phi) is 6.32. The van der Waals surface area contributed by atoms with Crippen molar-refractivity contribution in [2.75, 3.05) is 0 Å². The largest absolute Gasteiger partial charge is 0.481 e. The van der Waals surface area contributed by atoms with E-state index in [1.807, 2.05) is 13.8 Å². The van der Waals surface area contributed by atoms with Crippen LogP contribution in [0.5, 0.6) is 0 Å². The number of carbonyl (C=O) groups is 3. The van der Waals surface area contributed by atoms with Crippen LogP contribution in [-0.4, -0.2) is 35.4 Å². The number of aliphatic carboxylic acids is 1. The molecule has 0 fully saturated rings. The quantitative estimate of drug-likeness (QED) is 0.512. The van der Waals surface area contributed by atoms with Crippen molar-refractivity contribution in [3.63, 3.8) is 0 Å². The maximum atomic E-state index is 11.4. The topological polar surface area (TPSA) is 109 Å². The van der Waals surface area contributed by atoms with E-state index in [0.717, 1.165) is 0 Å². The molecule has 92 valence electrons. The predicted molar refractivity (Wildman–Crippen MR) is 57.7 cm³/mol. The fourth-order valence-electron chi connectivity index (χ4n) is 1.23. The van der Waals surface area contributed by atoms with Crippen LogP contribution >= 0.6 is 0 Å². The molecule has 0 bridgehead atoms. The number of rotatable bonds is 7. The van der Waals surface area contributed by atoms with Crippen molar-refractivity contribution < 1.29 is 19.5 Å². The molecular weight excluding hydrogens is 212 g/mol. The molecule has 0 saturated heterocycles. The predicted octanol–water partition coefficient (Wildman–Crippen LogP) is -0.482. The van der Waals surface area contributed by atoms with Crippen LogP contribution in [0, 0.1) is 5.92 Å². The van der Waals surface area contributed by atoms with E-state index in [1.54, 1.807) is 0 Å². The van der Waals surface area contributed by atoms with Gasteiger partial charge in [-0.15, -0.1) is 0 Å². The third-order valence-corrected chi connectivity index (χ3v) is 1.95. The van der Waals surface area contributed by atoms with Gasteiger partial charge in [0.1, 0.15) is 6.29 Å². The zero-order valence-electron chi connectivity index (χ0n) is 9.47. The van der Waals surface area contributed by atoms with Crippen LogP contribution < -0.4 is 11.1 Å². The van der Waals surface area contributed by atoms with Gasteiger partial charge in [-0.25, -0.2) is 0 Å². The zero-order chi connectivity index (χ0) is 12.7. The van der Waals surface area contributed by atoms with Gasteiger partial charge < -0.3 is 21.0 Å². The fourth-order valence-corrected chi connectivity index (χ4v) is 1.23. The van der Waals surface area contributed by atoms with E-state index in [-0.39, 0.29) is 5.92 Å². The third-order valence-electron chi connectivity index (χ3n) is 1.95. The average Bonchev–Trinajstić information content (AvgIpc) is 2.14. The maximum Gasteiger partial charge on any atom is 0.305 e. The lowest BCUT2D eigenvalue weighted by Gasteiger charge is -2.16. The van der Waals surface area contributed by atoms with Gasteiger partial charge in [0.2, 0.25) is 5.91 Å². The van der Waals surface area contributed by atoms with Crippen molar-refractivity contribution in [1.29, 1.82) is 0 Å². The molecule has 0 spiro atoms. The van der Waals surface area contributed by atoms with Crippen LogP contribution in [0.3, 0.4) is 0 Å². The Bertz CT molecular complexity index is 266. The van der Waals surface area contributed by atoms with Crippen LogP contribution in [0.4, 0.5) is 0 Å². The van der Waals surface area contributed by atoms with Crippen LogP contribution in [0.25, 0.3) is 0 Å². The van der Waals surface area contributed by atoms with Crippen molar-refractivity contribution in [1.82, 2.24) is 5.32 Å². The van der Waals surface area contributed by atoms with Gasteiger partial charge in [-0.2, -0.15) is 0 Å². The lowest BCUT2D eigenvalue weighted by atomic mass is 10.0. The second-order valence-corrected chi connectivity index (χ2v) is 4.09. The first kappa shape index (κ1) is 14.6. The first-order valence-corrected chi connectivity index (χ1v) is 5.09. The summed E-state index contributed by atoms with van der Waals surface area (Å²) >= 11 is 0. The number of hydrogen-bond acceptors (Lipinski definition) is 4. The van der Waals surface area contributed by atoms with Crippen molar-refractivity contribution in [2.24, 2.45) is 11.7 Å². The van der Waals surface area contributed by atoms with Crippen molar-refractivity contribution in [2.45, 2.75) is 38.8 Å². The average molecular weight is 230 g/mol. The highest BCUT2D eigenvalue weighted by Gasteiger charge is 2.20. The molecule has 6 nitrogen and oxygen atoms in total. The number of carboxylic acid groups (broad SMARTS) is 1. The molecule has 0 aliphatic rings. The smallest absolute Gasteiger partial charge is 0.305 e. The summed E-state index contributed by atoms with van der Waals surface area (Å²) in [4.78, 5) is 32.3. The monoisotopic (exact) mass is 230 g/mol. The number of nitrogens with two attached hydrogens (primary N) is 1. The van der Waals surface area contributed by atoms with Crippen molar-refractivity contribution in [3.8, 4) is 0 Å². The lowest BCUT2D eigenvalue weighted by Crippen LogP contribution is -2.47. The SMILES string of the molecule is CC(C)C[C@H](N)C(=O)NC(C=O)CC(=O)O. The van der Waals surface area contributed by atoms with Gasteiger partial charge >= 0.3 is 5.97 Å². The van der Waals surface area contributed by atoms with Gasteiger partial charge in [0.05, 0.1) is 18.5 Å². The Balaban J connectivity index is 4.18. The van der Waals surface area contributed by atoms with Gasteiger partial charge in [0.15, 0.2) is 0 Å². The molecule has 16 heavy (non-hydrogen) atoms. The molecule has 6 heteroatoms. The number of carbonyl (C=O) groups excluding carboxylic acids is 2. The highest BCUT2D eigenvalue weighted by molar-refractivity contribution is 5.85. The summed E-state index contributed by atoms with van der Waals surface area (Å²) in [5.41, 5.74) is 5.58. The summed E-state index contributed by atoms with van der Waals surface area (Å²) in [6.45, 7) is 3.84. The molecular formula is C10H18N2O4. The summed E-state index contributed by atoms with van der Waals surface area (Å²) in [5.74, 6) is -1.38. The summed E-state index contributed by atoms with van der Waals surface area (Å²) in [5, 5.41) is 10.8. The molecule has 4 N–H and O–H groups in total. The molecule has 0 aliphatic carbocycles. The van der Waals surface area contributed by atoms with Crippen LogP contribution in [0.2, 0.25) is 0 Å². The minimum Gasteiger partial charge on any atom is -0.481 e. The van der Waals surface area contributed by atoms with E-state index in [2.05, 4.69) is 5.32 Å². The molecule has 0 heterocycles. The van der Waals surface area contributed by atoms with E-state index >= 15 is 0 Å². The van der Waals surface area contributed by atoms with Crippen LogP contribution in [0.1, 0.15) is 26.7 Å². The standard InChI is InChI=1S/C10H18N2O4/c1-6(2)3-8(11)10(16)12-7(5-13)4-9(14)15/h5-8H,3-4,11H2,1-2H3,(H,12,16)(H,14,15)/t7?,8-/m0/s1. The number of aldehydes is 1. The third kappa shape index (κ3) is 6.13. The number of amides is 1. The Labute approximate surface area is 94.2 Å². The second-order valence-electron chi connectivity index (χ2n) is 4.09. The van der Waals surface area contributed by atoms with Crippen LogP contribution in [0.15, 0.2) is 0 Å². The number of nitrogens with one attached hydrogen (secondary N) is 1. The normalized spacial score (nSPS) is 14.2. The Hall–Kier alpha value is -1.43. The number of carboxylic acids is 1. The first-order valence-electron chi connectivity index (χ1n) is 5.09. The molecule has 1 unspecified atom stereocenters.